The Labute approximate surface area is 97.6 Å². The van der Waals surface area contributed by atoms with E-state index in [4.69, 9.17) is 31.2 Å². The van der Waals surface area contributed by atoms with Crippen molar-refractivity contribution in [2.75, 3.05) is 5.75 Å². The molecule has 3 aliphatic rings. The molecular formula is C9H12O4S2. The van der Waals surface area contributed by atoms with E-state index < -0.39 is 5.79 Å². The van der Waals surface area contributed by atoms with Crippen molar-refractivity contribution in [1.29, 1.82) is 0 Å². The molecular weight excluding hydrogens is 236 g/mol. The molecule has 3 saturated heterocycles. The fourth-order valence-electron chi connectivity index (χ4n) is 2.12. The monoisotopic (exact) mass is 248 g/mol. The van der Waals surface area contributed by atoms with Crippen LogP contribution in [0.25, 0.3) is 0 Å². The van der Waals surface area contributed by atoms with Crippen molar-refractivity contribution < 1.29 is 18.9 Å². The van der Waals surface area contributed by atoms with E-state index in [9.17, 15) is 0 Å². The predicted molar refractivity (Wildman–Crippen MR) is 58.6 cm³/mol. The lowest BCUT2D eigenvalue weighted by molar-refractivity contribution is -0.211. The van der Waals surface area contributed by atoms with Gasteiger partial charge in [-0.15, -0.1) is 0 Å². The molecule has 15 heavy (non-hydrogen) atoms. The van der Waals surface area contributed by atoms with Gasteiger partial charge >= 0.3 is 0 Å². The van der Waals surface area contributed by atoms with Gasteiger partial charge in [0.15, 0.2) is 24.3 Å². The van der Waals surface area contributed by atoms with E-state index in [1.807, 2.05) is 13.8 Å². The van der Waals surface area contributed by atoms with Crippen LogP contribution in [-0.4, -0.2) is 40.5 Å². The van der Waals surface area contributed by atoms with Gasteiger partial charge in [0.2, 0.25) is 4.38 Å². The van der Waals surface area contributed by atoms with Crippen molar-refractivity contribution >= 4 is 28.4 Å². The molecule has 0 aromatic rings. The zero-order valence-electron chi connectivity index (χ0n) is 8.47. The number of rotatable bonds is 0. The normalized spacial score (nSPS) is 47.2. The fraction of sp³-hybridized carbons (Fsp3) is 0.889. The minimum Gasteiger partial charge on any atom is -0.469 e. The Morgan fingerprint density at radius 3 is 2.93 bits per heavy atom. The molecule has 84 valence electrons. The van der Waals surface area contributed by atoms with Gasteiger partial charge in [-0.05, 0) is 26.1 Å². The number of ether oxygens (including phenoxy) is 4. The Morgan fingerprint density at radius 1 is 1.33 bits per heavy atom. The lowest BCUT2D eigenvalue weighted by Crippen LogP contribution is -2.41. The highest BCUT2D eigenvalue weighted by Gasteiger charge is 2.57. The van der Waals surface area contributed by atoms with Crippen molar-refractivity contribution in [2.45, 2.75) is 44.2 Å². The molecule has 0 unspecified atom stereocenters. The molecule has 6 heteroatoms. The first kappa shape index (κ1) is 10.3. The number of hydrogen-bond acceptors (Lipinski definition) is 6. The van der Waals surface area contributed by atoms with Crippen LogP contribution in [-0.2, 0) is 18.9 Å². The second-order valence-electron chi connectivity index (χ2n) is 4.29. The summed E-state index contributed by atoms with van der Waals surface area (Å²) in [6.45, 7) is 3.75. The van der Waals surface area contributed by atoms with Crippen LogP contribution < -0.4 is 0 Å². The number of hydrogen-bond donors (Lipinski definition) is 0. The average molecular weight is 248 g/mol. The summed E-state index contributed by atoms with van der Waals surface area (Å²) in [6, 6.07) is 0. The van der Waals surface area contributed by atoms with Crippen LogP contribution in [0.3, 0.4) is 0 Å². The Hall–Kier alpha value is 0.120. The second-order valence-corrected chi connectivity index (χ2v) is 5.91. The van der Waals surface area contributed by atoms with E-state index >= 15 is 0 Å². The molecule has 0 aromatic carbocycles. The van der Waals surface area contributed by atoms with Crippen LogP contribution in [0.15, 0.2) is 0 Å². The molecule has 4 nitrogen and oxygen atoms in total. The molecule has 0 bridgehead atoms. The molecule has 0 aromatic heterocycles. The SMILES string of the molecule is CC1(C)O[C@H]2O[C@@H]3CSC(=S)O[C@@H]3[C@H]2O1. The highest BCUT2D eigenvalue weighted by Crippen LogP contribution is 2.41. The molecule has 0 radical (unpaired) electrons. The molecule has 3 heterocycles. The van der Waals surface area contributed by atoms with Crippen LogP contribution in [0.4, 0.5) is 0 Å². The Kier molecular flexibility index (Phi) is 2.27. The van der Waals surface area contributed by atoms with E-state index in [2.05, 4.69) is 0 Å². The smallest absolute Gasteiger partial charge is 0.220 e. The summed E-state index contributed by atoms with van der Waals surface area (Å²) in [4.78, 5) is 0. The lowest BCUT2D eigenvalue weighted by Gasteiger charge is -2.29. The van der Waals surface area contributed by atoms with E-state index in [0.717, 1.165) is 5.75 Å². The number of thioether (sulfide) groups is 1. The first-order valence-electron chi connectivity index (χ1n) is 4.90. The summed E-state index contributed by atoms with van der Waals surface area (Å²) in [5.74, 6) is 0.236. The highest BCUT2D eigenvalue weighted by molar-refractivity contribution is 8.22. The van der Waals surface area contributed by atoms with Crippen molar-refractivity contribution in [3.63, 3.8) is 0 Å². The summed E-state index contributed by atoms with van der Waals surface area (Å²) in [7, 11) is 0. The molecule has 0 spiro atoms. The largest absolute Gasteiger partial charge is 0.469 e. The molecule has 3 aliphatic heterocycles. The summed E-state index contributed by atoms with van der Waals surface area (Å²) < 4.78 is 23.3. The quantitative estimate of drug-likeness (QED) is 0.601. The van der Waals surface area contributed by atoms with Gasteiger partial charge in [-0.3, -0.25) is 0 Å². The molecule has 0 saturated carbocycles. The van der Waals surface area contributed by atoms with Gasteiger partial charge in [-0.2, -0.15) is 0 Å². The zero-order valence-corrected chi connectivity index (χ0v) is 10.1. The Bertz CT molecular complexity index is 306. The van der Waals surface area contributed by atoms with Crippen LogP contribution in [0, 0.1) is 0 Å². The fourth-order valence-corrected chi connectivity index (χ4v) is 3.18. The third-order valence-corrected chi connectivity index (χ3v) is 3.96. The Balaban J connectivity index is 1.79. The topological polar surface area (TPSA) is 36.9 Å². The second kappa shape index (κ2) is 3.30. The molecule has 4 atom stereocenters. The van der Waals surface area contributed by atoms with Gasteiger partial charge in [0, 0.05) is 5.75 Å². The first-order chi connectivity index (χ1) is 7.05. The minimum absolute atomic E-state index is 0.0350. The van der Waals surface area contributed by atoms with Gasteiger partial charge in [0.1, 0.15) is 6.10 Å². The lowest BCUT2D eigenvalue weighted by atomic mass is 10.1. The van der Waals surface area contributed by atoms with Gasteiger partial charge in [0.05, 0.1) is 0 Å². The molecule has 0 aliphatic carbocycles. The molecule has 0 N–H and O–H groups in total. The van der Waals surface area contributed by atoms with Crippen LogP contribution in [0.5, 0.6) is 0 Å². The van der Waals surface area contributed by atoms with Crippen LogP contribution in [0.1, 0.15) is 13.8 Å². The molecule has 3 fully saturated rings. The van der Waals surface area contributed by atoms with Gasteiger partial charge in [-0.25, -0.2) is 0 Å². The van der Waals surface area contributed by atoms with Gasteiger partial charge in [0.25, 0.3) is 0 Å². The van der Waals surface area contributed by atoms with Gasteiger partial charge < -0.3 is 18.9 Å². The highest BCUT2D eigenvalue weighted by atomic mass is 32.2. The van der Waals surface area contributed by atoms with Crippen molar-refractivity contribution in [3.05, 3.63) is 0 Å². The van der Waals surface area contributed by atoms with E-state index in [-0.39, 0.29) is 24.6 Å². The maximum Gasteiger partial charge on any atom is 0.220 e. The third-order valence-electron chi connectivity index (χ3n) is 2.69. The van der Waals surface area contributed by atoms with Crippen molar-refractivity contribution in [1.82, 2.24) is 0 Å². The molecule has 0 amide bonds. The van der Waals surface area contributed by atoms with Crippen LogP contribution in [0.2, 0.25) is 0 Å². The predicted octanol–water partition coefficient (Wildman–Crippen LogP) is 1.28. The summed E-state index contributed by atoms with van der Waals surface area (Å²) in [6.07, 6.45) is -0.529. The summed E-state index contributed by atoms with van der Waals surface area (Å²) >= 11 is 6.54. The maximum absolute atomic E-state index is 5.75. The van der Waals surface area contributed by atoms with Crippen LogP contribution >= 0.6 is 24.0 Å². The Morgan fingerprint density at radius 2 is 2.13 bits per heavy atom. The average Bonchev–Trinajstić information content (AvgIpc) is 2.58. The molecule has 3 rings (SSSR count). The summed E-state index contributed by atoms with van der Waals surface area (Å²) in [5.41, 5.74) is 0. The van der Waals surface area contributed by atoms with E-state index in [1.165, 1.54) is 11.8 Å². The third kappa shape index (κ3) is 1.68. The van der Waals surface area contributed by atoms with E-state index in [1.54, 1.807) is 0 Å². The zero-order chi connectivity index (χ0) is 10.6. The minimum atomic E-state index is -0.587. The van der Waals surface area contributed by atoms with E-state index in [0.29, 0.717) is 4.38 Å². The maximum atomic E-state index is 5.75. The van der Waals surface area contributed by atoms with Crippen molar-refractivity contribution in [3.8, 4) is 0 Å². The number of fused-ring (bicyclic) bond motifs is 3. The van der Waals surface area contributed by atoms with Crippen molar-refractivity contribution in [2.24, 2.45) is 0 Å². The summed E-state index contributed by atoms with van der Waals surface area (Å²) in [5, 5.41) is 0. The first-order valence-corrected chi connectivity index (χ1v) is 6.29. The standard InChI is InChI=1S/C9H12O4S2/c1-9(2)12-6-5-4(10-7(6)13-9)3-15-8(14)11-5/h4-7H,3H2,1-2H3/t4-,5+,6-,7-/m1/s1. The van der Waals surface area contributed by atoms with Gasteiger partial charge in [-0.1, -0.05) is 11.8 Å². The number of thiocarbonyl (C=S) groups is 1.